The van der Waals surface area contributed by atoms with Crippen molar-refractivity contribution in [2.45, 2.75) is 52.7 Å². The van der Waals surface area contributed by atoms with Crippen molar-refractivity contribution in [2.75, 3.05) is 0 Å². The van der Waals surface area contributed by atoms with Crippen molar-refractivity contribution in [1.82, 2.24) is 19.5 Å². The van der Waals surface area contributed by atoms with Crippen LogP contribution in [-0.4, -0.2) is 60.6 Å². The first-order valence-electron chi connectivity index (χ1n) is 18.7. The van der Waals surface area contributed by atoms with E-state index in [-0.39, 0.29) is 141 Å². The maximum absolute atomic E-state index is 12.9. The smallest absolute Gasteiger partial charge is 1.00 e. The van der Waals surface area contributed by atoms with E-state index in [2.05, 4.69) is 24.6 Å². The van der Waals surface area contributed by atoms with Crippen LogP contribution >= 0.6 is 11.6 Å². The molecule has 0 radical (unpaired) electrons. The molecular formula is C45H39ClK2N4O11. The maximum atomic E-state index is 12.9. The van der Waals surface area contributed by atoms with E-state index in [1.54, 1.807) is 36.4 Å². The van der Waals surface area contributed by atoms with Crippen LogP contribution in [0.2, 0.25) is 0 Å². The van der Waals surface area contributed by atoms with Gasteiger partial charge in [-0.1, -0.05) is 137 Å². The Bertz CT molecular complexity index is 2600. The Morgan fingerprint density at radius 2 is 1.11 bits per heavy atom. The van der Waals surface area contributed by atoms with Gasteiger partial charge in [0.05, 0.1) is 0 Å². The van der Waals surface area contributed by atoms with Gasteiger partial charge < -0.3 is 26.0 Å². The number of carbonyl (C=O) groups excluding carboxylic acids is 7. The number of fused-ring (bicyclic) bond motifs is 6. The first-order valence-corrected chi connectivity index (χ1v) is 19.1. The number of nitrogens with zero attached hydrogens (tertiary/aromatic N) is 3. The molecule has 2 heterocycles. The van der Waals surface area contributed by atoms with Gasteiger partial charge in [-0.2, -0.15) is 0 Å². The molecule has 314 valence electrons. The molecular weight excluding hydrogens is 886 g/mol. The van der Waals surface area contributed by atoms with E-state index < -0.39 is 34.7 Å². The molecule has 6 aromatic rings. The Morgan fingerprint density at radius 1 is 0.667 bits per heavy atom. The molecule has 0 amide bonds. The number of ketones is 4. The number of aromatic nitrogens is 4. The molecule has 1 N–H and O–H groups in total. The summed E-state index contributed by atoms with van der Waals surface area (Å²) in [5.74, 6) is -1.19. The summed E-state index contributed by atoms with van der Waals surface area (Å²) >= 11 is 4.97. The molecule has 8 rings (SSSR count). The fourth-order valence-corrected chi connectivity index (χ4v) is 6.22. The van der Waals surface area contributed by atoms with Gasteiger partial charge >= 0.3 is 114 Å². The van der Waals surface area contributed by atoms with Crippen LogP contribution < -0.4 is 108 Å². The third kappa shape index (κ3) is 13.2. The summed E-state index contributed by atoms with van der Waals surface area (Å²) in [7, 11) is 0. The van der Waals surface area contributed by atoms with E-state index in [0.29, 0.717) is 39.6 Å². The van der Waals surface area contributed by atoms with Gasteiger partial charge in [0.1, 0.15) is 47.6 Å². The van der Waals surface area contributed by atoms with Crippen LogP contribution in [0.5, 0.6) is 0 Å². The van der Waals surface area contributed by atoms with E-state index in [9.17, 15) is 28.8 Å². The molecule has 0 spiro atoms. The van der Waals surface area contributed by atoms with Gasteiger partial charge in [-0.05, 0) is 11.1 Å². The quantitative estimate of drug-likeness (QED) is 0.0606. The summed E-state index contributed by atoms with van der Waals surface area (Å²) < 4.78 is 11.1. The number of hydrogen-bond acceptors (Lipinski definition) is 13. The molecule has 2 aliphatic rings. The fraction of sp³-hybridized carbons (Fsp3) is 0.178. The number of hydrogen-bond donors (Lipinski definition) is 1. The van der Waals surface area contributed by atoms with Crippen LogP contribution in [0.1, 0.15) is 105 Å². The number of aromatic amines is 1. The second kappa shape index (κ2) is 25.4. The van der Waals surface area contributed by atoms with Gasteiger partial charge in [0.15, 0.2) is 0 Å². The second-order valence-electron chi connectivity index (χ2n) is 13.8. The van der Waals surface area contributed by atoms with Crippen molar-refractivity contribution >= 4 is 52.7 Å². The third-order valence-electron chi connectivity index (χ3n) is 9.02. The molecule has 0 saturated carbocycles. The molecule has 15 nitrogen and oxygen atoms in total. The zero-order valence-electron chi connectivity index (χ0n) is 36.2. The van der Waals surface area contributed by atoms with Crippen molar-refractivity contribution in [3.63, 3.8) is 0 Å². The van der Waals surface area contributed by atoms with Crippen LogP contribution in [-0.2, 0) is 32.4 Å². The molecule has 0 bridgehead atoms. The summed E-state index contributed by atoms with van der Waals surface area (Å²) in [6.45, 7) is 7.83. The van der Waals surface area contributed by atoms with E-state index in [0.717, 1.165) is 27.1 Å². The Labute approximate surface area is 453 Å². The van der Waals surface area contributed by atoms with Gasteiger partial charge in [0.25, 0.3) is 18.0 Å². The standard InChI is InChI=1S/C22H18N2O4.C14H12N2O2.C8H7ClO2.CH2O3.2K.H/c1-13(2)21-23-17-15-10-6-7-11-16(15)19(25)20(26)18(17)24(21)22(27)28-12-14-8-4-3-5-9-14;1-7(2)14-15-10-8-5-3-4-6-9(8)12(17)13(18)11(10)16-14;9-8(10)11-6-7-4-2-1-3-5-7;2-1-4-3;;;/h3-11,13H,12H2,1-2H3;3-7H,1-2H3,(H,15,16);1-5H,6H2;1,3H;;;/q;;;;2*+1;-1/p-1. The Hall–Kier alpha value is -4.09. The van der Waals surface area contributed by atoms with Crippen LogP contribution in [0.4, 0.5) is 9.59 Å². The number of carbonyl (C=O) groups is 7. The van der Waals surface area contributed by atoms with Gasteiger partial charge in [-0.25, -0.2) is 24.1 Å². The summed E-state index contributed by atoms with van der Waals surface area (Å²) in [6.07, 6.45) is -0.721. The number of rotatable bonds is 7. The number of ether oxygens (including phenoxy) is 2. The van der Waals surface area contributed by atoms with Crippen molar-refractivity contribution in [1.29, 1.82) is 0 Å². The van der Waals surface area contributed by atoms with E-state index in [1.165, 1.54) is 0 Å². The average Bonchev–Trinajstić information content (AvgIpc) is 3.92. The van der Waals surface area contributed by atoms with Crippen molar-refractivity contribution in [2.24, 2.45) is 0 Å². The Kier molecular flexibility index (Phi) is 21.5. The molecule has 63 heavy (non-hydrogen) atoms. The third-order valence-corrected chi connectivity index (χ3v) is 9.13. The van der Waals surface area contributed by atoms with Gasteiger partial charge in [-0.3, -0.25) is 24.0 Å². The first-order chi connectivity index (χ1) is 29.3. The number of halogens is 1. The molecule has 4 aromatic carbocycles. The van der Waals surface area contributed by atoms with Crippen molar-refractivity contribution in [3.8, 4) is 22.5 Å². The predicted octanol–water partition coefficient (Wildman–Crippen LogP) is 1.93. The minimum absolute atomic E-state index is 0. The molecule has 0 fully saturated rings. The number of imidazole rings is 2. The second-order valence-corrected chi connectivity index (χ2v) is 14.1. The van der Waals surface area contributed by atoms with Crippen LogP contribution in [0.3, 0.4) is 0 Å². The van der Waals surface area contributed by atoms with E-state index in [1.807, 2.05) is 100 Å². The molecule has 2 aliphatic carbocycles. The molecule has 18 heteroatoms. The van der Waals surface area contributed by atoms with Crippen molar-refractivity contribution < 1.29 is 157 Å². The minimum Gasteiger partial charge on any atom is -1.00 e. The van der Waals surface area contributed by atoms with Gasteiger partial charge in [0.2, 0.25) is 11.6 Å². The first kappa shape index (κ1) is 53.3. The summed E-state index contributed by atoms with van der Waals surface area (Å²) in [6, 6.07) is 32.5. The van der Waals surface area contributed by atoms with Crippen LogP contribution in [0, 0.1) is 0 Å². The van der Waals surface area contributed by atoms with Crippen LogP contribution in [0.15, 0.2) is 109 Å². The van der Waals surface area contributed by atoms with Crippen LogP contribution in [0.25, 0.3) is 22.5 Å². The molecule has 0 aliphatic heterocycles. The predicted molar refractivity (Wildman–Crippen MR) is 220 cm³/mol. The minimum atomic E-state index is -0.770. The SMILES string of the molecule is CC(C)c1nc2c([nH]1)C(=O)C(=O)c1ccccc1-2.CC(C)c1nc2c(n1C(=O)OCc1ccccc1)C(=O)C(=O)c1ccccc1-2.O=C(Cl)OCc1ccccc1.O=CO[O-].[H-].[K+].[K+]. The molecule has 2 aromatic heterocycles. The zero-order chi connectivity index (χ0) is 44.2. The van der Waals surface area contributed by atoms with Gasteiger partial charge in [-0.15, -0.1) is 0 Å². The van der Waals surface area contributed by atoms with Crippen molar-refractivity contribution in [3.05, 3.63) is 154 Å². The molecule has 0 atom stereocenters. The van der Waals surface area contributed by atoms with E-state index in [4.69, 9.17) is 26.4 Å². The molecule has 0 unspecified atom stereocenters. The monoisotopic (exact) mass is 924 g/mol. The summed E-state index contributed by atoms with van der Waals surface area (Å²) in [4.78, 5) is 95.6. The maximum Gasteiger partial charge on any atom is 1.00 e. The summed E-state index contributed by atoms with van der Waals surface area (Å²) in [5.41, 5.74) is 4.26. The Morgan fingerprint density at radius 3 is 1.57 bits per heavy atom. The Balaban J connectivity index is 0.000000337. The largest absolute Gasteiger partial charge is 1.00 e. The fourth-order valence-electron chi connectivity index (χ4n) is 6.17. The molecule has 0 saturated heterocycles. The number of benzene rings is 4. The number of H-pyrrole nitrogens is 1. The summed E-state index contributed by atoms with van der Waals surface area (Å²) in [5, 5.41) is 8.43. The normalized spacial score (nSPS) is 11.5. The average molecular weight is 925 g/mol. The number of nitrogens with one attached hydrogen (secondary N) is 1. The topological polar surface area (TPSA) is 217 Å². The van der Waals surface area contributed by atoms with E-state index >= 15 is 0 Å². The number of Topliss-reactive ketones (excluding diaryl/α,β-unsaturated/α-hetero) is 4. The zero-order valence-corrected chi connectivity index (χ0v) is 42.3. The van der Waals surface area contributed by atoms with Gasteiger partial charge in [0, 0.05) is 45.7 Å².